The van der Waals surface area contributed by atoms with E-state index in [9.17, 15) is 0 Å². The second-order valence-electron chi connectivity index (χ2n) is 5.05. The molecule has 3 unspecified atom stereocenters. The average Bonchev–Trinajstić information content (AvgIpc) is 2.56. The first-order valence-electron chi connectivity index (χ1n) is 5.90. The number of nitrogens with one attached hydrogen (secondary N) is 1. The summed E-state index contributed by atoms with van der Waals surface area (Å²) in [5.74, 6) is 1.67. The summed E-state index contributed by atoms with van der Waals surface area (Å²) in [5.41, 5.74) is 1.16. The van der Waals surface area contributed by atoms with Gasteiger partial charge in [0, 0.05) is 19.3 Å². The molecule has 0 spiro atoms. The van der Waals surface area contributed by atoms with Crippen molar-refractivity contribution in [2.45, 2.75) is 39.2 Å². The molecule has 1 aromatic heterocycles. The van der Waals surface area contributed by atoms with Crippen LogP contribution >= 0.6 is 0 Å². The van der Waals surface area contributed by atoms with Gasteiger partial charge in [0.2, 0.25) is 0 Å². The highest BCUT2D eigenvalue weighted by molar-refractivity contribution is 5.39. The molecule has 1 aromatic rings. The fourth-order valence-electron chi connectivity index (χ4n) is 2.59. The third-order valence-electron chi connectivity index (χ3n) is 3.49. The summed E-state index contributed by atoms with van der Waals surface area (Å²) < 4.78 is 1.85. The number of aryl methyl sites for hydroxylation is 1. The standard InChI is InChI=1S/C12H21N3/c1-9-4-5-12(10(2)6-9)14-11-7-13-15(3)8-11/h7-10,12,14H,4-6H2,1-3H3. The van der Waals surface area contributed by atoms with Crippen molar-refractivity contribution in [3.63, 3.8) is 0 Å². The van der Waals surface area contributed by atoms with E-state index in [-0.39, 0.29) is 0 Å². The Labute approximate surface area is 91.9 Å². The maximum Gasteiger partial charge on any atom is 0.0728 e. The van der Waals surface area contributed by atoms with Gasteiger partial charge in [-0.3, -0.25) is 4.68 Å². The van der Waals surface area contributed by atoms with Crippen molar-refractivity contribution in [1.82, 2.24) is 9.78 Å². The second-order valence-corrected chi connectivity index (χ2v) is 5.05. The van der Waals surface area contributed by atoms with Gasteiger partial charge in [-0.15, -0.1) is 0 Å². The molecule has 0 amide bonds. The number of anilines is 1. The lowest BCUT2D eigenvalue weighted by Gasteiger charge is -2.33. The minimum atomic E-state index is 0.630. The lowest BCUT2D eigenvalue weighted by atomic mass is 9.80. The van der Waals surface area contributed by atoms with Gasteiger partial charge in [0.05, 0.1) is 11.9 Å². The van der Waals surface area contributed by atoms with Crippen LogP contribution in [0.4, 0.5) is 5.69 Å². The Morgan fingerprint density at radius 1 is 1.40 bits per heavy atom. The van der Waals surface area contributed by atoms with Gasteiger partial charge in [-0.25, -0.2) is 0 Å². The van der Waals surface area contributed by atoms with E-state index in [1.165, 1.54) is 19.3 Å². The Kier molecular flexibility index (Phi) is 2.98. The van der Waals surface area contributed by atoms with Crippen LogP contribution in [-0.4, -0.2) is 15.8 Å². The van der Waals surface area contributed by atoms with Crippen LogP contribution in [0.3, 0.4) is 0 Å². The molecule has 84 valence electrons. The molecule has 1 aliphatic carbocycles. The molecular formula is C12H21N3. The molecule has 0 bridgehead atoms. The van der Waals surface area contributed by atoms with Crippen molar-refractivity contribution in [3.8, 4) is 0 Å². The summed E-state index contributed by atoms with van der Waals surface area (Å²) in [5, 5.41) is 7.76. The number of hydrogen-bond donors (Lipinski definition) is 1. The topological polar surface area (TPSA) is 29.9 Å². The minimum absolute atomic E-state index is 0.630. The van der Waals surface area contributed by atoms with Crippen molar-refractivity contribution in [2.24, 2.45) is 18.9 Å². The van der Waals surface area contributed by atoms with Crippen molar-refractivity contribution in [3.05, 3.63) is 12.4 Å². The van der Waals surface area contributed by atoms with Crippen molar-refractivity contribution in [1.29, 1.82) is 0 Å². The van der Waals surface area contributed by atoms with Gasteiger partial charge in [0.15, 0.2) is 0 Å². The zero-order valence-electron chi connectivity index (χ0n) is 9.90. The first kappa shape index (κ1) is 10.5. The van der Waals surface area contributed by atoms with Crippen molar-refractivity contribution in [2.75, 3.05) is 5.32 Å². The van der Waals surface area contributed by atoms with Gasteiger partial charge in [-0.2, -0.15) is 5.10 Å². The second kappa shape index (κ2) is 4.25. The lowest BCUT2D eigenvalue weighted by Crippen LogP contribution is -2.32. The summed E-state index contributed by atoms with van der Waals surface area (Å²) in [6.45, 7) is 4.71. The van der Waals surface area contributed by atoms with E-state index in [0.29, 0.717) is 6.04 Å². The Morgan fingerprint density at radius 2 is 2.20 bits per heavy atom. The molecule has 15 heavy (non-hydrogen) atoms. The van der Waals surface area contributed by atoms with Crippen molar-refractivity contribution >= 4 is 5.69 Å². The van der Waals surface area contributed by atoms with E-state index in [1.807, 2.05) is 24.1 Å². The van der Waals surface area contributed by atoms with Crippen LogP contribution in [0.15, 0.2) is 12.4 Å². The summed E-state index contributed by atoms with van der Waals surface area (Å²) in [6, 6.07) is 0.630. The molecule has 0 aliphatic heterocycles. The number of nitrogens with zero attached hydrogens (tertiary/aromatic N) is 2. The lowest BCUT2D eigenvalue weighted by molar-refractivity contribution is 0.276. The van der Waals surface area contributed by atoms with Gasteiger partial charge < -0.3 is 5.32 Å². The van der Waals surface area contributed by atoms with Crippen LogP contribution in [0.1, 0.15) is 33.1 Å². The number of hydrogen-bond acceptors (Lipinski definition) is 2. The van der Waals surface area contributed by atoms with E-state index in [1.54, 1.807) is 0 Å². The van der Waals surface area contributed by atoms with Crippen LogP contribution in [0, 0.1) is 11.8 Å². The molecule has 1 aliphatic rings. The average molecular weight is 207 g/mol. The van der Waals surface area contributed by atoms with Crippen LogP contribution in [-0.2, 0) is 7.05 Å². The number of rotatable bonds is 2. The molecule has 1 N–H and O–H groups in total. The van der Waals surface area contributed by atoms with Gasteiger partial charge >= 0.3 is 0 Å². The monoisotopic (exact) mass is 207 g/mol. The normalized spacial score (nSPS) is 31.5. The number of aromatic nitrogens is 2. The molecule has 3 heteroatoms. The van der Waals surface area contributed by atoms with Crippen LogP contribution in [0.25, 0.3) is 0 Å². The predicted octanol–water partition coefficient (Wildman–Crippen LogP) is 2.66. The van der Waals surface area contributed by atoms with E-state index in [4.69, 9.17) is 0 Å². The Morgan fingerprint density at radius 3 is 2.80 bits per heavy atom. The van der Waals surface area contributed by atoms with Gasteiger partial charge in [-0.05, 0) is 31.1 Å². The maximum atomic E-state index is 4.18. The fraction of sp³-hybridized carbons (Fsp3) is 0.750. The van der Waals surface area contributed by atoms with E-state index in [2.05, 4.69) is 24.3 Å². The quantitative estimate of drug-likeness (QED) is 0.808. The molecule has 1 heterocycles. The molecule has 0 saturated heterocycles. The molecule has 0 radical (unpaired) electrons. The summed E-state index contributed by atoms with van der Waals surface area (Å²) in [6.07, 6.45) is 7.94. The Hall–Kier alpha value is -0.990. The molecule has 2 rings (SSSR count). The van der Waals surface area contributed by atoms with Gasteiger partial charge in [-0.1, -0.05) is 13.8 Å². The highest BCUT2D eigenvalue weighted by atomic mass is 15.3. The third kappa shape index (κ3) is 2.52. The smallest absolute Gasteiger partial charge is 0.0728 e. The van der Waals surface area contributed by atoms with E-state index >= 15 is 0 Å². The molecule has 3 atom stereocenters. The largest absolute Gasteiger partial charge is 0.380 e. The summed E-state index contributed by atoms with van der Waals surface area (Å²) >= 11 is 0. The zero-order valence-corrected chi connectivity index (χ0v) is 9.90. The molecule has 1 saturated carbocycles. The molecule has 0 aromatic carbocycles. The molecule has 3 nitrogen and oxygen atoms in total. The summed E-state index contributed by atoms with van der Waals surface area (Å²) in [4.78, 5) is 0. The fourth-order valence-corrected chi connectivity index (χ4v) is 2.59. The highest BCUT2D eigenvalue weighted by Crippen LogP contribution is 2.30. The first-order chi connectivity index (χ1) is 7.15. The van der Waals surface area contributed by atoms with Gasteiger partial charge in [0.25, 0.3) is 0 Å². The van der Waals surface area contributed by atoms with Gasteiger partial charge in [0.1, 0.15) is 0 Å². The third-order valence-corrected chi connectivity index (χ3v) is 3.49. The molecule has 1 fully saturated rings. The highest BCUT2D eigenvalue weighted by Gasteiger charge is 2.25. The van der Waals surface area contributed by atoms with Crippen molar-refractivity contribution < 1.29 is 0 Å². The van der Waals surface area contributed by atoms with E-state index in [0.717, 1.165) is 17.5 Å². The first-order valence-corrected chi connectivity index (χ1v) is 5.90. The van der Waals surface area contributed by atoms with Crippen LogP contribution in [0.2, 0.25) is 0 Å². The SMILES string of the molecule is CC1CCC(Nc2cnn(C)c2)C(C)C1. The molecular weight excluding hydrogens is 186 g/mol. The van der Waals surface area contributed by atoms with Crippen LogP contribution in [0.5, 0.6) is 0 Å². The van der Waals surface area contributed by atoms with E-state index < -0.39 is 0 Å². The minimum Gasteiger partial charge on any atom is -0.380 e. The van der Waals surface area contributed by atoms with Crippen LogP contribution < -0.4 is 5.32 Å². The Balaban J connectivity index is 1.94. The predicted molar refractivity (Wildman–Crippen MR) is 62.8 cm³/mol. The summed E-state index contributed by atoms with van der Waals surface area (Å²) in [7, 11) is 1.96. The Bertz CT molecular complexity index is 318. The maximum absolute atomic E-state index is 4.18. The zero-order chi connectivity index (χ0) is 10.8.